The van der Waals surface area contributed by atoms with E-state index < -0.39 is 0 Å². The van der Waals surface area contributed by atoms with Gasteiger partial charge in [0.05, 0.1) is 6.33 Å². The summed E-state index contributed by atoms with van der Waals surface area (Å²) in [6.45, 7) is 2.29. The summed E-state index contributed by atoms with van der Waals surface area (Å²) in [5.41, 5.74) is 1.70. The maximum absolute atomic E-state index is 4.29. The van der Waals surface area contributed by atoms with Gasteiger partial charge in [0, 0.05) is 5.33 Å². The Balaban J connectivity index is 1.92. The summed E-state index contributed by atoms with van der Waals surface area (Å²) in [6, 6.07) is 0. The first-order valence-corrected chi connectivity index (χ1v) is 7.75. The van der Waals surface area contributed by atoms with Crippen molar-refractivity contribution in [2.45, 2.75) is 24.8 Å². The first-order valence-electron chi connectivity index (χ1n) is 5.64. The topological polar surface area (TPSA) is 54.5 Å². The molecule has 0 aromatic carbocycles. The van der Waals surface area contributed by atoms with Crippen molar-refractivity contribution in [3.05, 3.63) is 12.7 Å². The fourth-order valence-electron chi connectivity index (χ4n) is 1.54. The first kappa shape index (κ1) is 12.8. The number of aromatic amines is 1. The normalized spacial score (nSPS) is 13.1. The zero-order valence-electron chi connectivity index (χ0n) is 9.69. The van der Waals surface area contributed by atoms with Gasteiger partial charge in [0.1, 0.15) is 16.9 Å². The highest BCUT2D eigenvalue weighted by molar-refractivity contribution is 9.09. The second kappa shape index (κ2) is 6.35. The van der Waals surface area contributed by atoms with Crippen molar-refractivity contribution in [3.8, 4) is 0 Å². The van der Waals surface area contributed by atoms with Crippen molar-refractivity contribution in [2.75, 3.05) is 11.1 Å². The second-order valence-corrected chi connectivity index (χ2v) is 5.88. The molecule has 92 valence electrons. The number of fused-ring (bicyclic) bond motifs is 1. The molecule has 2 aromatic rings. The highest BCUT2D eigenvalue weighted by atomic mass is 79.9. The number of imidazole rings is 1. The third kappa shape index (κ3) is 3.42. The number of hydrogen-bond donors (Lipinski definition) is 1. The van der Waals surface area contributed by atoms with E-state index in [-0.39, 0.29) is 0 Å². The smallest absolute Gasteiger partial charge is 0.181 e. The van der Waals surface area contributed by atoms with Crippen LogP contribution in [0.2, 0.25) is 0 Å². The number of H-pyrrole nitrogens is 1. The average Bonchev–Trinajstić information content (AvgIpc) is 2.78. The predicted molar refractivity (Wildman–Crippen MR) is 74.6 cm³/mol. The van der Waals surface area contributed by atoms with Crippen LogP contribution >= 0.6 is 27.7 Å². The van der Waals surface area contributed by atoms with Gasteiger partial charge in [0.25, 0.3) is 0 Å². The Morgan fingerprint density at radius 2 is 2.24 bits per heavy atom. The number of thioether (sulfide) groups is 1. The molecule has 0 saturated heterocycles. The molecule has 0 bridgehead atoms. The summed E-state index contributed by atoms with van der Waals surface area (Å²) < 4.78 is 0. The zero-order valence-corrected chi connectivity index (χ0v) is 12.1. The van der Waals surface area contributed by atoms with Gasteiger partial charge in [-0.15, -0.1) is 11.8 Å². The maximum atomic E-state index is 4.29. The van der Waals surface area contributed by atoms with E-state index in [1.807, 2.05) is 0 Å². The number of halogens is 1. The lowest BCUT2D eigenvalue weighted by Gasteiger charge is -2.08. The van der Waals surface area contributed by atoms with E-state index in [4.69, 9.17) is 0 Å². The largest absolute Gasteiger partial charge is 0.341 e. The van der Waals surface area contributed by atoms with Gasteiger partial charge in [-0.1, -0.05) is 22.9 Å². The van der Waals surface area contributed by atoms with Crippen LogP contribution in [0, 0.1) is 5.92 Å². The molecule has 2 aromatic heterocycles. The zero-order chi connectivity index (χ0) is 12.1. The van der Waals surface area contributed by atoms with E-state index in [0.29, 0.717) is 0 Å². The lowest BCUT2D eigenvalue weighted by Crippen LogP contribution is -1.97. The quantitative estimate of drug-likeness (QED) is 0.505. The molecule has 0 fully saturated rings. The molecule has 1 atom stereocenters. The average molecular weight is 315 g/mol. The second-order valence-electron chi connectivity index (χ2n) is 4.00. The van der Waals surface area contributed by atoms with Crippen LogP contribution in [0.15, 0.2) is 17.7 Å². The number of aromatic nitrogens is 4. The minimum Gasteiger partial charge on any atom is -0.341 e. The molecule has 0 spiro atoms. The minimum absolute atomic E-state index is 0.746. The predicted octanol–water partition coefficient (Wildman–Crippen LogP) is 3.26. The number of alkyl halides is 1. The molecule has 0 aliphatic rings. The standard InChI is InChI=1S/C11H15BrN4S/c1-8(2-4-12)3-5-17-11-9-10(14-6-13-9)15-7-16-11/h6-8H,2-5H2,1H3,(H,13,14,15,16). The number of nitrogens with zero attached hydrogens (tertiary/aromatic N) is 3. The molecule has 17 heavy (non-hydrogen) atoms. The molecule has 0 saturated carbocycles. The van der Waals surface area contributed by atoms with Gasteiger partial charge in [-0.05, 0) is 24.5 Å². The number of hydrogen-bond acceptors (Lipinski definition) is 4. The lowest BCUT2D eigenvalue weighted by molar-refractivity contribution is 0.555. The van der Waals surface area contributed by atoms with Gasteiger partial charge in [-0.2, -0.15) is 0 Å². The van der Waals surface area contributed by atoms with Crippen LogP contribution in [-0.2, 0) is 0 Å². The fraction of sp³-hybridized carbons (Fsp3) is 0.545. The molecule has 2 heterocycles. The van der Waals surface area contributed by atoms with Gasteiger partial charge in [-0.25, -0.2) is 15.0 Å². The summed E-state index contributed by atoms with van der Waals surface area (Å²) in [4.78, 5) is 15.6. The summed E-state index contributed by atoms with van der Waals surface area (Å²) >= 11 is 5.24. The Bertz CT molecular complexity index is 473. The summed E-state index contributed by atoms with van der Waals surface area (Å²) in [7, 11) is 0. The monoisotopic (exact) mass is 314 g/mol. The molecule has 6 heteroatoms. The summed E-state index contributed by atoms with van der Waals surface area (Å²) in [5.74, 6) is 1.83. The van der Waals surface area contributed by atoms with Crippen LogP contribution < -0.4 is 0 Å². The van der Waals surface area contributed by atoms with E-state index in [1.54, 1.807) is 24.4 Å². The first-order chi connectivity index (χ1) is 8.31. The molecule has 0 aliphatic heterocycles. The van der Waals surface area contributed by atoms with E-state index >= 15 is 0 Å². The Kier molecular flexibility index (Phi) is 4.79. The molecule has 1 unspecified atom stereocenters. The Morgan fingerprint density at radius 1 is 1.35 bits per heavy atom. The molecule has 0 radical (unpaired) electrons. The van der Waals surface area contributed by atoms with Crippen molar-refractivity contribution >= 4 is 38.9 Å². The van der Waals surface area contributed by atoms with Crippen LogP contribution in [-0.4, -0.2) is 31.0 Å². The molecular weight excluding hydrogens is 300 g/mol. The van der Waals surface area contributed by atoms with Crippen LogP contribution in [0.25, 0.3) is 11.2 Å². The van der Waals surface area contributed by atoms with Crippen LogP contribution in [0.5, 0.6) is 0 Å². The molecule has 0 aliphatic carbocycles. The van der Waals surface area contributed by atoms with E-state index in [0.717, 1.165) is 33.2 Å². The van der Waals surface area contributed by atoms with Gasteiger partial charge in [0.2, 0.25) is 0 Å². The Hall–Kier alpha value is -0.620. The Labute approximate surface area is 113 Å². The van der Waals surface area contributed by atoms with Crippen molar-refractivity contribution in [1.29, 1.82) is 0 Å². The molecule has 1 N–H and O–H groups in total. The molecular formula is C11H15BrN4S. The molecule has 0 amide bonds. The van der Waals surface area contributed by atoms with Crippen LogP contribution in [0.1, 0.15) is 19.8 Å². The fourth-order valence-corrected chi connectivity index (χ4v) is 3.45. The van der Waals surface area contributed by atoms with Crippen molar-refractivity contribution < 1.29 is 0 Å². The molecule has 4 nitrogen and oxygen atoms in total. The maximum Gasteiger partial charge on any atom is 0.181 e. The molecule has 2 rings (SSSR count). The minimum atomic E-state index is 0.746. The van der Waals surface area contributed by atoms with E-state index in [2.05, 4.69) is 42.8 Å². The SMILES string of the molecule is CC(CCBr)CCSc1ncnc2nc[nH]c12. The van der Waals surface area contributed by atoms with Crippen molar-refractivity contribution in [2.24, 2.45) is 5.92 Å². The van der Waals surface area contributed by atoms with Gasteiger partial charge < -0.3 is 4.98 Å². The van der Waals surface area contributed by atoms with Gasteiger partial charge in [0.15, 0.2) is 5.65 Å². The third-order valence-electron chi connectivity index (χ3n) is 2.64. The number of nitrogens with one attached hydrogen (secondary N) is 1. The summed E-state index contributed by atoms with van der Waals surface area (Å²) in [6.07, 6.45) is 5.67. The highest BCUT2D eigenvalue weighted by Crippen LogP contribution is 2.24. The lowest BCUT2D eigenvalue weighted by atomic mass is 10.1. The van der Waals surface area contributed by atoms with Crippen LogP contribution in [0.4, 0.5) is 0 Å². The van der Waals surface area contributed by atoms with Gasteiger partial charge in [-0.3, -0.25) is 0 Å². The van der Waals surface area contributed by atoms with E-state index in [9.17, 15) is 0 Å². The van der Waals surface area contributed by atoms with Crippen molar-refractivity contribution in [3.63, 3.8) is 0 Å². The Morgan fingerprint density at radius 3 is 3.06 bits per heavy atom. The third-order valence-corrected chi connectivity index (χ3v) is 4.12. The summed E-state index contributed by atoms with van der Waals surface area (Å²) in [5, 5.41) is 2.08. The number of rotatable bonds is 6. The van der Waals surface area contributed by atoms with Crippen LogP contribution in [0.3, 0.4) is 0 Å². The highest BCUT2D eigenvalue weighted by Gasteiger charge is 2.07. The van der Waals surface area contributed by atoms with Gasteiger partial charge >= 0.3 is 0 Å². The van der Waals surface area contributed by atoms with Crippen molar-refractivity contribution in [1.82, 2.24) is 19.9 Å². The van der Waals surface area contributed by atoms with E-state index in [1.165, 1.54) is 12.8 Å².